The second-order valence-electron chi connectivity index (χ2n) is 7.99. The lowest BCUT2D eigenvalue weighted by Crippen LogP contribution is -2.43. The van der Waals surface area contributed by atoms with Crippen LogP contribution in [0.4, 0.5) is 4.39 Å². The smallest absolute Gasteiger partial charge is 0.140 e. The molecule has 4 rings (SSSR count). The summed E-state index contributed by atoms with van der Waals surface area (Å²) in [6, 6.07) is 4.69. The van der Waals surface area contributed by atoms with E-state index in [-0.39, 0.29) is 6.10 Å². The van der Waals surface area contributed by atoms with E-state index in [2.05, 4.69) is 52.8 Å². The van der Waals surface area contributed by atoms with Gasteiger partial charge in [0.15, 0.2) is 0 Å². The van der Waals surface area contributed by atoms with Crippen LogP contribution in [0.25, 0.3) is 11.0 Å². The van der Waals surface area contributed by atoms with E-state index < -0.39 is 6.17 Å². The lowest BCUT2D eigenvalue weighted by Gasteiger charge is -2.34. The molecule has 0 amide bonds. The topological polar surface area (TPSA) is 44.4 Å². The standard InChI is InChI=1S/C20H29FN4O/c1-13-8-17-18(9-14(13)2)23-20(22-17)12-26-19-11-25(10-16(19)21)15-4-6-24(3)7-5-15/h8-9,15-16,19H,4-7,10-12H2,1-3H3,(H,22,23)/t16-,19+/m1/s1. The van der Waals surface area contributed by atoms with E-state index in [1.165, 1.54) is 11.1 Å². The SMILES string of the molecule is Cc1cc2nc(CO[C@H]3CN(C4CCN(C)CC4)C[C@H]3F)[nH]c2cc1C. The van der Waals surface area contributed by atoms with Crippen molar-refractivity contribution in [3.05, 3.63) is 29.1 Å². The molecule has 0 radical (unpaired) electrons. The number of hydrogen-bond donors (Lipinski definition) is 1. The highest BCUT2D eigenvalue weighted by molar-refractivity contribution is 5.77. The highest BCUT2D eigenvalue weighted by Crippen LogP contribution is 2.25. The molecule has 142 valence electrons. The summed E-state index contributed by atoms with van der Waals surface area (Å²) in [5.41, 5.74) is 4.43. The molecular weight excluding hydrogens is 331 g/mol. The molecule has 1 aromatic carbocycles. The fourth-order valence-corrected chi connectivity index (χ4v) is 4.15. The predicted molar refractivity (Wildman–Crippen MR) is 101 cm³/mol. The van der Waals surface area contributed by atoms with Crippen LogP contribution in [0.1, 0.15) is 29.8 Å². The molecular formula is C20H29FN4O. The number of rotatable bonds is 4. The van der Waals surface area contributed by atoms with Crippen LogP contribution in [-0.4, -0.2) is 71.3 Å². The molecule has 26 heavy (non-hydrogen) atoms. The highest BCUT2D eigenvalue weighted by Gasteiger charge is 2.37. The van der Waals surface area contributed by atoms with Crippen molar-refractivity contribution in [3.63, 3.8) is 0 Å². The molecule has 3 heterocycles. The number of nitrogens with zero attached hydrogens (tertiary/aromatic N) is 3. The first-order chi connectivity index (χ1) is 12.5. The van der Waals surface area contributed by atoms with Crippen molar-refractivity contribution < 1.29 is 9.13 Å². The number of aryl methyl sites for hydroxylation is 2. The first-order valence-corrected chi connectivity index (χ1v) is 9.63. The summed E-state index contributed by atoms with van der Waals surface area (Å²) < 4.78 is 20.4. The Morgan fingerprint density at radius 1 is 1.19 bits per heavy atom. The van der Waals surface area contributed by atoms with Crippen LogP contribution >= 0.6 is 0 Å². The summed E-state index contributed by atoms with van der Waals surface area (Å²) in [6.07, 6.45) is 0.978. The normalized spacial score (nSPS) is 26.2. The van der Waals surface area contributed by atoms with Crippen molar-refractivity contribution >= 4 is 11.0 Å². The van der Waals surface area contributed by atoms with Crippen LogP contribution < -0.4 is 0 Å². The van der Waals surface area contributed by atoms with E-state index in [9.17, 15) is 4.39 Å². The number of hydrogen-bond acceptors (Lipinski definition) is 4. The highest BCUT2D eigenvalue weighted by atomic mass is 19.1. The van der Waals surface area contributed by atoms with E-state index in [0.29, 0.717) is 25.7 Å². The molecule has 0 unspecified atom stereocenters. The van der Waals surface area contributed by atoms with Crippen molar-refractivity contribution in [1.29, 1.82) is 0 Å². The van der Waals surface area contributed by atoms with Gasteiger partial charge in [-0.1, -0.05) is 0 Å². The third-order valence-corrected chi connectivity index (χ3v) is 6.01. The largest absolute Gasteiger partial charge is 0.366 e. The Kier molecular flexibility index (Phi) is 4.99. The number of aromatic nitrogens is 2. The molecule has 2 aliphatic rings. The van der Waals surface area contributed by atoms with Gasteiger partial charge in [0.25, 0.3) is 0 Å². The number of fused-ring (bicyclic) bond motifs is 1. The van der Waals surface area contributed by atoms with Gasteiger partial charge in [-0.25, -0.2) is 9.37 Å². The molecule has 1 N–H and O–H groups in total. The maximum Gasteiger partial charge on any atom is 0.140 e. The van der Waals surface area contributed by atoms with Gasteiger partial charge in [-0.2, -0.15) is 0 Å². The van der Waals surface area contributed by atoms with Crippen molar-refractivity contribution in [3.8, 4) is 0 Å². The van der Waals surface area contributed by atoms with Crippen LogP contribution in [0.3, 0.4) is 0 Å². The van der Waals surface area contributed by atoms with Gasteiger partial charge in [-0.15, -0.1) is 0 Å². The summed E-state index contributed by atoms with van der Waals surface area (Å²) in [4.78, 5) is 12.5. The third kappa shape index (κ3) is 3.63. The second kappa shape index (κ2) is 7.25. The number of halogens is 1. The van der Waals surface area contributed by atoms with Gasteiger partial charge in [0.2, 0.25) is 0 Å². The molecule has 5 nitrogen and oxygen atoms in total. The van der Waals surface area contributed by atoms with Gasteiger partial charge in [-0.3, -0.25) is 4.90 Å². The third-order valence-electron chi connectivity index (χ3n) is 6.01. The summed E-state index contributed by atoms with van der Waals surface area (Å²) in [6.45, 7) is 7.90. The molecule has 2 aliphatic heterocycles. The van der Waals surface area contributed by atoms with Gasteiger partial charge in [-0.05, 0) is 70.1 Å². The van der Waals surface area contributed by atoms with Crippen molar-refractivity contribution in [2.45, 2.75) is 51.6 Å². The van der Waals surface area contributed by atoms with Gasteiger partial charge in [0.1, 0.15) is 24.7 Å². The van der Waals surface area contributed by atoms with Crippen LogP contribution in [0, 0.1) is 13.8 Å². The lowest BCUT2D eigenvalue weighted by atomic mass is 10.0. The first-order valence-electron chi connectivity index (χ1n) is 9.63. The Morgan fingerprint density at radius 2 is 1.92 bits per heavy atom. The van der Waals surface area contributed by atoms with Crippen molar-refractivity contribution in [2.24, 2.45) is 0 Å². The maximum absolute atomic E-state index is 14.5. The zero-order valence-electron chi connectivity index (χ0n) is 16.0. The van der Waals surface area contributed by atoms with E-state index in [0.717, 1.165) is 42.8 Å². The average Bonchev–Trinajstić information content (AvgIpc) is 3.17. The Bertz CT molecular complexity index is 730. The van der Waals surface area contributed by atoms with Gasteiger partial charge in [0.05, 0.1) is 11.0 Å². The summed E-state index contributed by atoms with van der Waals surface area (Å²) >= 11 is 0. The number of ether oxygens (including phenoxy) is 1. The number of benzene rings is 1. The minimum Gasteiger partial charge on any atom is -0.366 e. The monoisotopic (exact) mass is 360 g/mol. The summed E-state index contributed by atoms with van der Waals surface area (Å²) in [5, 5.41) is 0. The molecule has 0 aliphatic carbocycles. The second-order valence-corrected chi connectivity index (χ2v) is 7.99. The Hall–Kier alpha value is -1.50. The minimum atomic E-state index is -0.913. The molecule has 2 atom stereocenters. The number of H-pyrrole nitrogens is 1. The quantitative estimate of drug-likeness (QED) is 0.911. The molecule has 2 saturated heterocycles. The van der Waals surface area contributed by atoms with E-state index in [1.807, 2.05) is 0 Å². The van der Waals surface area contributed by atoms with Crippen molar-refractivity contribution in [2.75, 3.05) is 33.2 Å². The number of likely N-dealkylation sites (tertiary alicyclic amines) is 2. The zero-order valence-corrected chi connectivity index (χ0v) is 16.0. The van der Waals surface area contributed by atoms with Crippen LogP contribution in [0.15, 0.2) is 12.1 Å². The number of nitrogens with one attached hydrogen (secondary N) is 1. The number of aromatic amines is 1. The van der Waals surface area contributed by atoms with Gasteiger partial charge < -0.3 is 14.6 Å². The molecule has 0 saturated carbocycles. The summed E-state index contributed by atoms with van der Waals surface area (Å²) in [7, 11) is 2.15. The lowest BCUT2D eigenvalue weighted by molar-refractivity contribution is 0.00683. The molecule has 0 spiro atoms. The van der Waals surface area contributed by atoms with E-state index in [1.54, 1.807) is 0 Å². The molecule has 2 fully saturated rings. The van der Waals surface area contributed by atoms with Crippen LogP contribution in [-0.2, 0) is 11.3 Å². The molecule has 2 aromatic rings. The fourth-order valence-electron chi connectivity index (χ4n) is 4.15. The molecule has 1 aromatic heterocycles. The van der Waals surface area contributed by atoms with E-state index in [4.69, 9.17) is 4.74 Å². The Labute approximate surface area is 154 Å². The Morgan fingerprint density at radius 3 is 2.69 bits per heavy atom. The molecule has 0 bridgehead atoms. The fraction of sp³-hybridized carbons (Fsp3) is 0.650. The first kappa shape index (κ1) is 17.9. The number of piperidine rings is 1. The number of alkyl halides is 1. The minimum absolute atomic E-state index is 0.332. The van der Waals surface area contributed by atoms with E-state index >= 15 is 0 Å². The molecule has 6 heteroatoms. The predicted octanol–water partition coefficient (Wildman–Crippen LogP) is 2.81. The Balaban J connectivity index is 1.36. The van der Waals surface area contributed by atoms with Gasteiger partial charge in [0, 0.05) is 19.1 Å². The average molecular weight is 360 g/mol. The van der Waals surface area contributed by atoms with Crippen LogP contribution in [0.2, 0.25) is 0 Å². The van der Waals surface area contributed by atoms with Gasteiger partial charge >= 0.3 is 0 Å². The number of imidazole rings is 1. The van der Waals surface area contributed by atoms with Crippen LogP contribution in [0.5, 0.6) is 0 Å². The van der Waals surface area contributed by atoms with Crippen molar-refractivity contribution in [1.82, 2.24) is 19.8 Å². The summed E-state index contributed by atoms with van der Waals surface area (Å²) in [5.74, 6) is 0.773. The maximum atomic E-state index is 14.5. The zero-order chi connectivity index (χ0) is 18.3.